The third-order valence-corrected chi connectivity index (χ3v) is 6.48. The Morgan fingerprint density at radius 3 is 1.17 bits per heavy atom. The van der Waals surface area contributed by atoms with Gasteiger partial charge in [0.1, 0.15) is 0 Å². The van der Waals surface area contributed by atoms with Crippen molar-refractivity contribution in [3.63, 3.8) is 0 Å². The number of hydrogen-bond acceptors (Lipinski definition) is 3. The molecule has 4 nitrogen and oxygen atoms in total. The molecule has 0 saturated heterocycles. The standard InChI is InChI=1S/C18H36O2.C8H16O2/c1-2-3-4-5-6-7-8-9-10-11-12-13-14-15-16-17-18(19)20;9-5-7-1-2-8(6-10)4-3-7/h2-17H2,1H3,(H,19,20);7-10H,1-6H2. The summed E-state index contributed by atoms with van der Waals surface area (Å²) in [4.78, 5) is 10.3. The van der Waals surface area contributed by atoms with Gasteiger partial charge in [0.15, 0.2) is 0 Å². The Kier molecular flexibility index (Phi) is 22.6. The second-order valence-electron chi connectivity index (χ2n) is 9.35. The van der Waals surface area contributed by atoms with E-state index in [0.29, 0.717) is 31.5 Å². The first kappa shape index (κ1) is 29.4. The zero-order chi connectivity index (χ0) is 22.3. The minimum atomic E-state index is -0.653. The number of unbranched alkanes of at least 4 members (excludes halogenated alkanes) is 14. The van der Waals surface area contributed by atoms with Crippen molar-refractivity contribution >= 4 is 5.97 Å². The molecular formula is C26H52O4. The number of hydrogen-bond donors (Lipinski definition) is 3. The van der Waals surface area contributed by atoms with E-state index >= 15 is 0 Å². The van der Waals surface area contributed by atoms with Crippen LogP contribution in [0.5, 0.6) is 0 Å². The quantitative estimate of drug-likeness (QED) is 0.203. The van der Waals surface area contributed by atoms with Gasteiger partial charge < -0.3 is 15.3 Å². The highest BCUT2D eigenvalue weighted by Crippen LogP contribution is 2.27. The second-order valence-corrected chi connectivity index (χ2v) is 9.35. The molecule has 0 spiro atoms. The Morgan fingerprint density at radius 1 is 0.600 bits per heavy atom. The molecule has 0 unspecified atom stereocenters. The van der Waals surface area contributed by atoms with E-state index in [1.54, 1.807) is 0 Å². The Bertz CT molecular complexity index is 339. The molecule has 1 aliphatic carbocycles. The number of rotatable bonds is 18. The van der Waals surface area contributed by atoms with Crippen LogP contribution in [0.4, 0.5) is 0 Å². The zero-order valence-electron chi connectivity index (χ0n) is 20.0. The average Bonchev–Trinajstić information content (AvgIpc) is 2.76. The number of carboxylic acid groups (broad SMARTS) is 1. The van der Waals surface area contributed by atoms with E-state index < -0.39 is 5.97 Å². The number of aliphatic hydroxyl groups is 2. The molecule has 0 radical (unpaired) electrons. The van der Waals surface area contributed by atoms with Crippen LogP contribution >= 0.6 is 0 Å². The fourth-order valence-corrected chi connectivity index (χ4v) is 4.24. The minimum absolute atomic E-state index is 0.331. The summed E-state index contributed by atoms with van der Waals surface area (Å²) in [6.07, 6.45) is 24.6. The van der Waals surface area contributed by atoms with Crippen LogP contribution < -0.4 is 0 Å². The van der Waals surface area contributed by atoms with Crippen LogP contribution in [0.1, 0.15) is 135 Å². The van der Waals surface area contributed by atoms with Crippen LogP contribution in [0.25, 0.3) is 0 Å². The van der Waals surface area contributed by atoms with Crippen LogP contribution in [0.3, 0.4) is 0 Å². The van der Waals surface area contributed by atoms with Gasteiger partial charge in [0.25, 0.3) is 0 Å². The van der Waals surface area contributed by atoms with Crippen LogP contribution in [-0.4, -0.2) is 34.5 Å². The summed E-state index contributed by atoms with van der Waals surface area (Å²) < 4.78 is 0. The third-order valence-electron chi connectivity index (χ3n) is 6.48. The molecule has 30 heavy (non-hydrogen) atoms. The highest BCUT2D eigenvalue weighted by Gasteiger charge is 2.19. The van der Waals surface area contributed by atoms with Gasteiger partial charge in [-0.1, -0.05) is 96.8 Å². The molecule has 1 fully saturated rings. The molecular weight excluding hydrogens is 376 g/mol. The van der Waals surface area contributed by atoms with Crippen molar-refractivity contribution in [3.8, 4) is 0 Å². The van der Waals surface area contributed by atoms with Crippen molar-refractivity contribution in [1.29, 1.82) is 0 Å². The molecule has 0 atom stereocenters. The van der Waals surface area contributed by atoms with Gasteiger partial charge in [-0.15, -0.1) is 0 Å². The maximum atomic E-state index is 10.3. The molecule has 0 bridgehead atoms. The summed E-state index contributed by atoms with van der Waals surface area (Å²) in [5, 5.41) is 26.1. The maximum absolute atomic E-state index is 10.3. The summed E-state index contributed by atoms with van der Waals surface area (Å²) in [5.74, 6) is 0.380. The third kappa shape index (κ3) is 20.7. The Morgan fingerprint density at radius 2 is 0.900 bits per heavy atom. The molecule has 0 aromatic rings. The molecule has 0 aliphatic heterocycles. The molecule has 1 saturated carbocycles. The minimum Gasteiger partial charge on any atom is -0.481 e. The Balaban J connectivity index is 0.000000696. The summed E-state index contributed by atoms with van der Waals surface area (Å²) in [6.45, 7) is 2.93. The van der Waals surface area contributed by atoms with Crippen LogP contribution in [-0.2, 0) is 4.79 Å². The van der Waals surface area contributed by atoms with Crippen LogP contribution in [0.2, 0.25) is 0 Å². The van der Waals surface area contributed by atoms with Gasteiger partial charge in [0.05, 0.1) is 0 Å². The lowest BCUT2D eigenvalue weighted by Gasteiger charge is -2.25. The van der Waals surface area contributed by atoms with Gasteiger partial charge in [0.2, 0.25) is 0 Å². The summed E-state index contributed by atoms with van der Waals surface area (Å²) in [5.41, 5.74) is 0. The van der Waals surface area contributed by atoms with E-state index in [9.17, 15) is 4.79 Å². The van der Waals surface area contributed by atoms with E-state index in [4.69, 9.17) is 15.3 Å². The predicted octanol–water partition coefficient (Wildman–Crippen LogP) is 7.11. The van der Waals surface area contributed by atoms with Gasteiger partial charge in [0, 0.05) is 19.6 Å². The SMILES string of the molecule is CCCCCCCCCCCCCCCCCC(=O)O.OCC1CCC(CO)CC1. The van der Waals surface area contributed by atoms with E-state index in [-0.39, 0.29) is 0 Å². The van der Waals surface area contributed by atoms with Crippen molar-refractivity contribution < 1.29 is 20.1 Å². The molecule has 180 valence electrons. The highest BCUT2D eigenvalue weighted by atomic mass is 16.4. The monoisotopic (exact) mass is 428 g/mol. The Labute approximate surface area is 186 Å². The molecule has 0 aromatic heterocycles. The van der Waals surface area contributed by atoms with Crippen molar-refractivity contribution in [1.82, 2.24) is 0 Å². The van der Waals surface area contributed by atoms with E-state index in [2.05, 4.69) is 6.92 Å². The Hall–Kier alpha value is -0.610. The molecule has 0 aromatic carbocycles. The van der Waals surface area contributed by atoms with Gasteiger partial charge >= 0.3 is 5.97 Å². The molecule has 0 heterocycles. The second kappa shape index (κ2) is 23.1. The van der Waals surface area contributed by atoms with Crippen molar-refractivity contribution in [2.75, 3.05) is 13.2 Å². The van der Waals surface area contributed by atoms with E-state index in [0.717, 1.165) is 38.5 Å². The lowest BCUT2D eigenvalue weighted by molar-refractivity contribution is -0.137. The summed E-state index contributed by atoms with van der Waals surface area (Å²) >= 11 is 0. The number of carbonyl (C=O) groups is 1. The topological polar surface area (TPSA) is 77.8 Å². The molecule has 4 heteroatoms. The lowest BCUT2D eigenvalue weighted by atomic mass is 9.83. The van der Waals surface area contributed by atoms with Crippen LogP contribution in [0, 0.1) is 11.8 Å². The first-order valence-corrected chi connectivity index (χ1v) is 13.1. The number of carboxylic acids is 1. The predicted molar refractivity (Wildman–Crippen MR) is 127 cm³/mol. The number of aliphatic hydroxyl groups excluding tert-OH is 2. The average molecular weight is 429 g/mol. The normalized spacial score (nSPS) is 18.6. The first-order valence-electron chi connectivity index (χ1n) is 13.1. The molecule has 0 amide bonds. The van der Waals surface area contributed by atoms with Crippen LogP contribution in [0.15, 0.2) is 0 Å². The van der Waals surface area contributed by atoms with Gasteiger partial charge in [-0.25, -0.2) is 0 Å². The first-order chi connectivity index (χ1) is 14.6. The fourth-order valence-electron chi connectivity index (χ4n) is 4.24. The van der Waals surface area contributed by atoms with E-state index in [1.807, 2.05) is 0 Å². The van der Waals surface area contributed by atoms with Gasteiger partial charge in [-0.05, 0) is 43.9 Å². The smallest absolute Gasteiger partial charge is 0.303 e. The summed E-state index contributed by atoms with van der Waals surface area (Å²) in [7, 11) is 0. The zero-order valence-corrected chi connectivity index (χ0v) is 20.0. The number of aliphatic carboxylic acids is 1. The van der Waals surface area contributed by atoms with E-state index in [1.165, 1.54) is 83.5 Å². The highest BCUT2D eigenvalue weighted by molar-refractivity contribution is 5.66. The largest absolute Gasteiger partial charge is 0.481 e. The molecule has 1 aliphatic rings. The molecule has 1 rings (SSSR count). The van der Waals surface area contributed by atoms with Gasteiger partial charge in [-0.2, -0.15) is 0 Å². The lowest BCUT2D eigenvalue weighted by Crippen LogP contribution is -2.19. The maximum Gasteiger partial charge on any atom is 0.303 e. The fraction of sp³-hybridized carbons (Fsp3) is 0.962. The molecule has 3 N–H and O–H groups in total. The van der Waals surface area contributed by atoms with Crippen molar-refractivity contribution in [2.45, 2.75) is 135 Å². The van der Waals surface area contributed by atoms with Gasteiger partial charge in [-0.3, -0.25) is 4.79 Å². The summed E-state index contributed by atoms with van der Waals surface area (Å²) in [6, 6.07) is 0. The van der Waals surface area contributed by atoms with Crippen molar-refractivity contribution in [2.24, 2.45) is 11.8 Å². The van der Waals surface area contributed by atoms with Crippen molar-refractivity contribution in [3.05, 3.63) is 0 Å².